The number of thiocarbonyl (C=S) groups is 1. The van der Waals surface area contributed by atoms with E-state index in [1.54, 1.807) is 13.3 Å². The molecule has 0 amide bonds. The van der Waals surface area contributed by atoms with Gasteiger partial charge in [0.1, 0.15) is 4.99 Å². The Bertz CT molecular complexity index is 462. The van der Waals surface area contributed by atoms with E-state index in [0.717, 1.165) is 31.9 Å². The molecular weight excluding hydrogens is 284 g/mol. The third-order valence-electron chi connectivity index (χ3n) is 4.06. The summed E-state index contributed by atoms with van der Waals surface area (Å²) in [6.45, 7) is 4.87. The standard InChI is InChI=1S/C15H24N4OS/c1-16-14(21)15(20-3,13-6-4-5-7-17-13)12-19-10-8-18(2)9-11-19/h4-7H,8-12H2,1-3H3,(H,16,21). The molecule has 21 heavy (non-hydrogen) atoms. The maximum absolute atomic E-state index is 5.88. The second-order valence-corrected chi connectivity index (χ2v) is 5.81. The van der Waals surface area contributed by atoms with E-state index < -0.39 is 5.60 Å². The minimum Gasteiger partial charge on any atom is -0.380 e. The minimum absolute atomic E-state index is 0.669. The summed E-state index contributed by atoms with van der Waals surface area (Å²) in [6.07, 6.45) is 1.78. The summed E-state index contributed by atoms with van der Waals surface area (Å²) >= 11 is 5.55. The second-order valence-electron chi connectivity index (χ2n) is 5.40. The first kappa shape index (κ1) is 16.3. The predicted molar refractivity (Wildman–Crippen MR) is 88.5 cm³/mol. The first-order chi connectivity index (χ1) is 10.1. The molecule has 2 heterocycles. The molecule has 5 nitrogen and oxygen atoms in total. The van der Waals surface area contributed by atoms with Gasteiger partial charge in [0.05, 0.1) is 5.69 Å². The number of hydrogen-bond acceptors (Lipinski definition) is 5. The van der Waals surface area contributed by atoms with E-state index in [1.807, 2.05) is 25.2 Å². The van der Waals surface area contributed by atoms with Gasteiger partial charge < -0.3 is 15.0 Å². The summed E-state index contributed by atoms with van der Waals surface area (Å²) in [6, 6.07) is 5.85. The molecule has 1 unspecified atom stereocenters. The maximum Gasteiger partial charge on any atom is 0.172 e. The molecule has 0 spiro atoms. The summed E-state index contributed by atoms with van der Waals surface area (Å²) in [5, 5.41) is 3.08. The van der Waals surface area contributed by atoms with Crippen molar-refractivity contribution in [3.8, 4) is 0 Å². The van der Waals surface area contributed by atoms with Crippen LogP contribution < -0.4 is 5.32 Å². The number of nitrogens with one attached hydrogen (secondary N) is 1. The molecule has 116 valence electrons. The van der Waals surface area contributed by atoms with E-state index in [1.165, 1.54) is 0 Å². The number of piperazine rings is 1. The van der Waals surface area contributed by atoms with Crippen molar-refractivity contribution in [3.63, 3.8) is 0 Å². The molecule has 2 rings (SSSR count). The number of pyridine rings is 1. The highest BCUT2D eigenvalue weighted by molar-refractivity contribution is 7.80. The molecular formula is C15H24N4OS. The number of methoxy groups -OCH3 is 1. The van der Waals surface area contributed by atoms with Crippen molar-refractivity contribution in [2.24, 2.45) is 0 Å². The van der Waals surface area contributed by atoms with Crippen LogP contribution in [0.2, 0.25) is 0 Å². The highest BCUT2D eigenvalue weighted by Crippen LogP contribution is 2.26. The van der Waals surface area contributed by atoms with Crippen molar-refractivity contribution in [1.29, 1.82) is 0 Å². The van der Waals surface area contributed by atoms with Gasteiger partial charge in [0.15, 0.2) is 5.60 Å². The van der Waals surface area contributed by atoms with E-state index in [2.05, 4.69) is 27.1 Å². The Morgan fingerprint density at radius 2 is 2.10 bits per heavy atom. The molecule has 6 heteroatoms. The molecule has 0 bridgehead atoms. The van der Waals surface area contributed by atoms with Gasteiger partial charge in [0.2, 0.25) is 0 Å². The van der Waals surface area contributed by atoms with E-state index in [-0.39, 0.29) is 0 Å². The summed E-state index contributed by atoms with van der Waals surface area (Å²) in [4.78, 5) is 9.88. The lowest BCUT2D eigenvalue weighted by Crippen LogP contribution is -2.55. The lowest BCUT2D eigenvalue weighted by Gasteiger charge is -2.40. The van der Waals surface area contributed by atoms with Crippen LogP contribution in [0.15, 0.2) is 24.4 Å². The number of ether oxygens (including phenoxy) is 1. The van der Waals surface area contributed by atoms with Crippen molar-refractivity contribution in [2.75, 3.05) is 53.9 Å². The van der Waals surface area contributed by atoms with Crippen molar-refractivity contribution in [2.45, 2.75) is 5.60 Å². The highest BCUT2D eigenvalue weighted by Gasteiger charge is 2.40. The maximum atomic E-state index is 5.88. The van der Waals surface area contributed by atoms with E-state index in [9.17, 15) is 0 Å². The molecule has 1 aliphatic rings. The van der Waals surface area contributed by atoms with Crippen molar-refractivity contribution < 1.29 is 4.74 Å². The molecule has 1 atom stereocenters. The zero-order valence-electron chi connectivity index (χ0n) is 13.0. The van der Waals surface area contributed by atoms with E-state index >= 15 is 0 Å². The fraction of sp³-hybridized carbons (Fsp3) is 0.600. The van der Waals surface area contributed by atoms with Gasteiger partial charge in [-0.3, -0.25) is 9.88 Å². The largest absolute Gasteiger partial charge is 0.380 e. The van der Waals surface area contributed by atoms with Crippen molar-refractivity contribution >= 4 is 17.2 Å². The molecule has 0 aliphatic carbocycles. The van der Waals surface area contributed by atoms with Gasteiger partial charge in [-0.15, -0.1) is 0 Å². The lowest BCUT2D eigenvalue weighted by molar-refractivity contribution is -0.000126. The Hall–Kier alpha value is -1.08. The molecule has 1 saturated heterocycles. The van der Waals surface area contributed by atoms with Crippen LogP contribution >= 0.6 is 12.2 Å². The van der Waals surface area contributed by atoms with E-state index in [4.69, 9.17) is 17.0 Å². The Morgan fingerprint density at radius 1 is 1.38 bits per heavy atom. The first-order valence-corrected chi connectivity index (χ1v) is 7.63. The highest BCUT2D eigenvalue weighted by atomic mass is 32.1. The fourth-order valence-corrected chi connectivity index (χ4v) is 2.91. The average Bonchev–Trinajstić information content (AvgIpc) is 2.54. The summed E-state index contributed by atoms with van der Waals surface area (Å²) in [5.74, 6) is 0. The quantitative estimate of drug-likeness (QED) is 0.808. The fourth-order valence-electron chi connectivity index (χ4n) is 2.66. The van der Waals surface area contributed by atoms with Gasteiger partial charge in [-0.05, 0) is 19.2 Å². The zero-order valence-corrected chi connectivity index (χ0v) is 13.8. The van der Waals surface area contributed by atoms with Crippen LogP contribution in [0.3, 0.4) is 0 Å². The molecule has 1 aromatic rings. The Labute approximate surface area is 132 Å². The lowest BCUT2D eigenvalue weighted by atomic mass is 9.96. The summed E-state index contributed by atoms with van der Waals surface area (Å²) in [7, 11) is 5.69. The number of likely N-dealkylation sites (N-methyl/N-ethyl adjacent to an activating group) is 2. The average molecular weight is 308 g/mol. The molecule has 1 fully saturated rings. The Kier molecular flexibility index (Phi) is 5.64. The van der Waals surface area contributed by atoms with E-state index in [0.29, 0.717) is 11.5 Å². The van der Waals surface area contributed by atoms with Gasteiger partial charge >= 0.3 is 0 Å². The monoisotopic (exact) mass is 308 g/mol. The smallest absolute Gasteiger partial charge is 0.172 e. The van der Waals surface area contributed by atoms with Crippen LogP contribution in [0, 0.1) is 0 Å². The molecule has 0 radical (unpaired) electrons. The minimum atomic E-state index is -0.693. The predicted octanol–water partition coefficient (Wildman–Crippen LogP) is 0.718. The summed E-state index contributed by atoms with van der Waals surface area (Å²) in [5.41, 5.74) is 0.159. The Morgan fingerprint density at radius 3 is 2.62 bits per heavy atom. The summed E-state index contributed by atoms with van der Waals surface area (Å²) < 4.78 is 5.88. The van der Waals surface area contributed by atoms with Gasteiger partial charge in [-0.1, -0.05) is 18.3 Å². The molecule has 0 aromatic carbocycles. The van der Waals surface area contributed by atoms with Gasteiger partial charge in [-0.25, -0.2) is 0 Å². The Balaban J connectivity index is 2.25. The first-order valence-electron chi connectivity index (χ1n) is 7.22. The third kappa shape index (κ3) is 3.58. The van der Waals surface area contributed by atoms with Gasteiger partial charge in [0.25, 0.3) is 0 Å². The molecule has 1 N–H and O–H groups in total. The van der Waals surface area contributed by atoms with Crippen LogP contribution in [0.5, 0.6) is 0 Å². The third-order valence-corrected chi connectivity index (χ3v) is 4.60. The van der Waals surface area contributed by atoms with Crippen LogP contribution in [0.25, 0.3) is 0 Å². The SMILES string of the molecule is CNC(=S)C(CN1CCN(C)CC1)(OC)c1ccccn1. The van der Waals surface area contributed by atoms with Gasteiger partial charge in [0, 0.05) is 53.1 Å². The second kappa shape index (κ2) is 7.26. The molecule has 0 saturated carbocycles. The normalized spacial score (nSPS) is 20.0. The van der Waals surface area contributed by atoms with Crippen LogP contribution in [0.1, 0.15) is 5.69 Å². The topological polar surface area (TPSA) is 40.6 Å². The number of rotatable bonds is 5. The number of hydrogen-bond donors (Lipinski definition) is 1. The van der Waals surface area contributed by atoms with Crippen LogP contribution in [-0.4, -0.2) is 73.7 Å². The van der Waals surface area contributed by atoms with Crippen LogP contribution in [0.4, 0.5) is 0 Å². The zero-order chi connectivity index (χ0) is 15.3. The molecule has 1 aromatic heterocycles. The number of aromatic nitrogens is 1. The van der Waals surface area contributed by atoms with Crippen molar-refractivity contribution in [3.05, 3.63) is 30.1 Å². The van der Waals surface area contributed by atoms with Crippen molar-refractivity contribution in [1.82, 2.24) is 20.1 Å². The molecule has 1 aliphatic heterocycles. The number of nitrogens with zero attached hydrogens (tertiary/aromatic N) is 3. The van der Waals surface area contributed by atoms with Gasteiger partial charge in [-0.2, -0.15) is 0 Å². The van der Waals surface area contributed by atoms with Crippen LogP contribution in [-0.2, 0) is 10.3 Å².